The van der Waals surface area contributed by atoms with Gasteiger partial charge in [0.15, 0.2) is 0 Å². The van der Waals surface area contributed by atoms with Gasteiger partial charge >= 0.3 is 0 Å². The number of hydrogen-bond donors (Lipinski definition) is 3. The van der Waals surface area contributed by atoms with E-state index in [-0.39, 0.29) is 17.9 Å². The molecule has 2 fully saturated rings. The first-order valence-electron chi connectivity index (χ1n) is 5.56. The molecule has 84 valence electrons. The van der Waals surface area contributed by atoms with Gasteiger partial charge in [0, 0.05) is 19.0 Å². The lowest BCUT2D eigenvalue weighted by molar-refractivity contribution is -0.125. The van der Waals surface area contributed by atoms with Crippen LogP contribution in [0.1, 0.15) is 25.7 Å². The Kier molecular flexibility index (Phi) is 3.20. The Morgan fingerprint density at radius 2 is 2.33 bits per heavy atom. The minimum atomic E-state index is -0.307. The lowest BCUT2D eigenvalue weighted by atomic mass is 10.2. The zero-order valence-corrected chi connectivity index (χ0v) is 8.71. The summed E-state index contributed by atoms with van der Waals surface area (Å²) < 4.78 is 0. The zero-order valence-electron chi connectivity index (χ0n) is 8.71. The van der Waals surface area contributed by atoms with E-state index in [9.17, 15) is 9.59 Å². The molecule has 2 aliphatic rings. The van der Waals surface area contributed by atoms with Gasteiger partial charge in [0.2, 0.25) is 11.8 Å². The molecule has 0 radical (unpaired) electrons. The monoisotopic (exact) mass is 211 g/mol. The highest BCUT2D eigenvalue weighted by molar-refractivity contribution is 5.90. The van der Waals surface area contributed by atoms with Crippen LogP contribution < -0.4 is 16.0 Å². The number of nitrogens with one attached hydrogen (secondary N) is 3. The molecule has 3 N–H and O–H groups in total. The van der Waals surface area contributed by atoms with Gasteiger partial charge in [-0.05, 0) is 25.8 Å². The zero-order chi connectivity index (χ0) is 10.7. The molecule has 2 saturated heterocycles. The molecule has 0 aromatic carbocycles. The quantitative estimate of drug-likeness (QED) is 0.568. The topological polar surface area (TPSA) is 70.2 Å². The average Bonchev–Trinajstić information content (AvgIpc) is 2.84. The predicted molar refractivity (Wildman–Crippen MR) is 55.2 cm³/mol. The third-order valence-corrected chi connectivity index (χ3v) is 3.00. The van der Waals surface area contributed by atoms with E-state index in [2.05, 4.69) is 16.0 Å². The predicted octanol–water partition coefficient (Wildman–Crippen LogP) is -0.867. The summed E-state index contributed by atoms with van der Waals surface area (Å²) in [6.07, 6.45) is 3.40. The molecule has 0 saturated carbocycles. The van der Waals surface area contributed by atoms with Gasteiger partial charge in [-0.2, -0.15) is 0 Å². The van der Waals surface area contributed by atoms with E-state index >= 15 is 0 Å². The summed E-state index contributed by atoms with van der Waals surface area (Å²) in [6.45, 7) is 1.71. The van der Waals surface area contributed by atoms with Crippen molar-refractivity contribution in [2.24, 2.45) is 0 Å². The van der Waals surface area contributed by atoms with Crippen LogP contribution in [0.25, 0.3) is 0 Å². The lowest BCUT2D eigenvalue weighted by Gasteiger charge is -2.14. The molecule has 5 nitrogen and oxygen atoms in total. The van der Waals surface area contributed by atoms with Crippen molar-refractivity contribution in [3.63, 3.8) is 0 Å². The first-order valence-corrected chi connectivity index (χ1v) is 5.56. The van der Waals surface area contributed by atoms with Crippen LogP contribution in [0.3, 0.4) is 0 Å². The number of rotatable bonds is 3. The fraction of sp³-hybridized carbons (Fsp3) is 0.800. The van der Waals surface area contributed by atoms with Crippen LogP contribution in [-0.2, 0) is 9.59 Å². The second-order valence-electron chi connectivity index (χ2n) is 4.20. The maximum absolute atomic E-state index is 11.6. The second kappa shape index (κ2) is 4.61. The molecule has 5 heteroatoms. The van der Waals surface area contributed by atoms with Crippen molar-refractivity contribution >= 4 is 11.8 Å². The van der Waals surface area contributed by atoms with Crippen molar-refractivity contribution in [2.45, 2.75) is 37.8 Å². The molecule has 0 aromatic rings. The number of hydrogen-bond acceptors (Lipinski definition) is 3. The Bertz CT molecular complexity index is 261. The van der Waals surface area contributed by atoms with Crippen LogP contribution in [0.15, 0.2) is 0 Å². The molecule has 2 amide bonds. The fourth-order valence-corrected chi connectivity index (χ4v) is 2.09. The molecule has 2 rings (SSSR count). The van der Waals surface area contributed by atoms with Gasteiger partial charge in [-0.15, -0.1) is 0 Å². The first kappa shape index (κ1) is 10.4. The number of carbonyl (C=O) groups is 2. The van der Waals surface area contributed by atoms with Crippen LogP contribution in [0, 0.1) is 0 Å². The second-order valence-corrected chi connectivity index (χ2v) is 4.20. The Balaban J connectivity index is 1.70. The first-order chi connectivity index (χ1) is 7.25. The smallest absolute Gasteiger partial charge is 0.242 e. The maximum atomic E-state index is 11.6. The van der Waals surface area contributed by atoms with Crippen molar-refractivity contribution < 1.29 is 9.59 Å². The molecule has 0 aliphatic carbocycles. The van der Waals surface area contributed by atoms with E-state index in [0.717, 1.165) is 13.0 Å². The molecule has 2 aliphatic heterocycles. The molecule has 15 heavy (non-hydrogen) atoms. The Labute approximate surface area is 89.0 Å². The van der Waals surface area contributed by atoms with E-state index in [1.54, 1.807) is 0 Å². The summed E-state index contributed by atoms with van der Waals surface area (Å²) in [5.41, 5.74) is 0. The van der Waals surface area contributed by atoms with Gasteiger partial charge in [-0.3, -0.25) is 9.59 Å². The third kappa shape index (κ3) is 2.68. The van der Waals surface area contributed by atoms with Crippen molar-refractivity contribution in [3.8, 4) is 0 Å². The molecule has 2 heterocycles. The minimum Gasteiger partial charge on any atom is -0.353 e. The fourth-order valence-electron chi connectivity index (χ4n) is 2.09. The van der Waals surface area contributed by atoms with E-state index in [0.29, 0.717) is 25.4 Å². The highest BCUT2D eigenvalue weighted by Crippen LogP contribution is 2.07. The third-order valence-electron chi connectivity index (χ3n) is 3.00. The summed E-state index contributed by atoms with van der Waals surface area (Å²) in [6, 6.07) is 0.102. The number of amides is 2. The molecular formula is C10H17N3O2. The summed E-state index contributed by atoms with van der Waals surface area (Å²) in [5.74, 6) is -0.0660. The Morgan fingerprint density at radius 1 is 1.47 bits per heavy atom. The van der Waals surface area contributed by atoms with Gasteiger partial charge in [-0.25, -0.2) is 0 Å². The van der Waals surface area contributed by atoms with Gasteiger partial charge < -0.3 is 16.0 Å². The molecule has 0 aromatic heterocycles. The van der Waals surface area contributed by atoms with Crippen molar-refractivity contribution in [3.05, 3.63) is 0 Å². The lowest BCUT2D eigenvalue weighted by Crippen LogP contribution is -2.45. The molecule has 0 bridgehead atoms. The normalized spacial score (nSPS) is 30.3. The molecule has 0 spiro atoms. The van der Waals surface area contributed by atoms with Gasteiger partial charge in [-0.1, -0.05) is 0 Å². The highest BCUT2D eigenvalue weighted by atomic mass is 16.2. The standard InChI is InChI=1S/C10H17N3O2/c14-9-4-3-8(13-9)10(15)12-6-7-2-1-5-11-7/h7-8,11H,1-6H2,(H,12,15)(H,13,14)/t7?,8-/m0/s1. The van der Waals surface area contributed by atoms with E-state index in [4.69, 9.17) is 0 Å². The molecule has 2 atom stereocenters. The summed E-state index contributed by atoms with van der Waals surface area (Å²) >= 11 is 0. The van der Waals surface area contributed by atoms with Crippen LogP contribution >= 0.6 is 0 Å². The van der Waals surface area contributed by atoms with E-state index in [1.165, 1.54) is 6.42 Å². The largest absolute Gasteiger partial charge is 0.353 e. The number of carbonyl (C=O) groups excluding carboxylic acids is 2. The summed E-state index contributed by atoms with van der Waals surface area (Å²) in [7, 11) is 0. The van der Waals surface area contributed by atoms with Crippen molar-refractivity contribution in [1.82, 2.24) is 16.0 Å². The Hall–Kier alpha value is -1.10. The SMILES string of the molecule is O=C1CC[C@@H](C(=O)NCC2CCCN2)N1. The van der Waals surface area contributed by atoms with Crippen LogP contribution in [0.5, 0.6) is 0 Å². The van der Waals surface area contributed by atoms with Gasteiger partial charge in [0.25, 0.3) is 0 Å². The average molecular weight is 211 g/mol. The van der Waals surface area contributed by atoms with Crippen molar-refractivity contribution in [1.29, 1.82) is 0 Å². The summed E-state index contributed by atoms with van der Waals surface area (Å²) in [5, 5.41) is 8.84. The van der Waals surface area contributed by atoms with E-state index < -0.39 is 0 Å². The van der Waals surface area contributed by atoms with Gasteiger partial charge in [0.05, 0.1) is 0 Å². The summed E-state index contributed by atoms with van der Waals surface area (Å²) in [4.78, 5) is 22.5. The van der Waals surface area contributed by atoms with Crippen LogP contribution in [0.4, 0.5) is 0 Å². The molecular weight excluding hydrogens is 194 g/mol. The maximum Gasteiger partial charge on any atom is 0.242 e. The van der Waals surface area contributed by atoms with Gasteiger partial charge in [0.1, 0.15) is 6.04 Å². The van der Waals surface area contributed by atoms with Crippen LogP contribution in [0.2, 0.25) is 0 Å². The Morgan fingerprint density at radius 3 is 2.93 bits per heavy atom. The van der Waals surface area contributed by atoms with Crippen LogP contribution in [-0.4, -0.2) is 37.0 Å². The van der Waals surface area contributed by atoms with E-state index in [1.807, 2.05) is 0 Å². The highest BCUT2D eigenvalue weighted by Gasteiger charge is 2.27. The molecule has 1 unspecified atom stereocenters. The minimum absolute atomic E-state index is 0.0193. The van der Waals surface area contributed by atoms with Crippen molar-refractivity contribution in [2.75, 3.05) is 13.1 Å².